The first kappa shape index (κ1) is 16.3. The molecule has 1 N–H and O–H groups in total. The van der Waals surface area contributed by atoms with Crippen molar-refractivity contribution in [1.82, 2.24) is 20.0 Å². The smallest absolute Gasteiger partial charge is 0.274 e. The van der Waals surface area contributed by atoms with Gasteiger partial charge in [0.1, 0.15) is 11.5 Å². The molecule has 0 saturated carbocycles. The van der Waals surface area contributed by atoms with E-state index in [1.807, 2.05) is 18.2 Å². The summed E-state index contributed by atoms with van der Waals surface area (Å²) in [7, 11) is 0. The highest BCUT2D eigenvalue weighted by Crippen LogP contribution is 2.30. The van der Waals surface area contributed by atoms with Gasteiger partial charge in [0.15, 0.2) is 5.82 Å². The van der Waals surface area contributed by atoms with E-state index in [0.29, 0.717) is 31.0 Å². The molecule has 4 rings (SSSR count). The number of hydrogen-bond acceptors (Lipinski definition) is 6. The molecule has 0 aliphatic carbocycles. The van der Waals surface area contributed by atoms with E-state index in [1.54, 1.807) is 11.1 Å². The highest BCUT2D eigenvalue weighted by molar-refractivity contribution is 5.92. The van der Waals surface area contributed by atoms with E-state index in [0.717, 1.165) is 23.4 Å². The Bertz CT molecular complexity index is 923. The fourth-order valence-corrected chi connectivity index (χ4v) is 3.13. The average molecular weight is 349 g/mol. The number of anilines is 2. The normalized spacial score (nSPS) is 13.3. The topological polar surface area (TPSA) is 84.2 Å². The molecule has 0 atom stereocenters. The molecule has 0 unspecified atom stereocenters. The lowest BCUT2D eigenvalue weighted by molar-refractivity contribution is 0.0722. The summed E-state index contributed by atoms with van der Waals surface area (Å²) in [6, 6.07) is 8.10. The third-order valence-corrected chi connectivity index (χ3v) is 4.55. The Morgan fingerprint density at radius 1 is 1.31 bits per heavy atom. The van der Waals surface area contributed by atoms with E-state index in [1.165, 1.54) is 18.0 Å². The molecule has 132 valence electrons. The number of nitrogens with zero attached hydrogens (tertiary/aromatic N) is 4. The van der Waals surface area contributed by atoms with Crippen LogP contribution in [0.25, 0.3) is 0 Å². The first-order valence-electron chi connectivity index (χ1n) is 8.64. The summed E-state index contributed by atoms with van der Waals surface area (Å²) >= 11 is 0. The second-order valence-electron chi connectivity index (χ2n) is 6.14. The van der Waals surface area contributed by atoms with E-state index in [9.17, 15) is 4.79 Å². The molecule has 0 spiro atoms. The number of fused-ring (bicyclic) bond motifs is 1. The van der Waals surface area contributed by atoms with Crippen LogP contribution in [0.1, 0.15) is 34.3 Å². The van der Waals surface area contributed by atoms with Gasteiger partial charge in [-0.3, -0.25) is 9.78 Å². The molecule has 3 heterocycles. The number of aromatic nitrogens is 3. The van der Waals surface area contributed by atoms with Crippen LogP contribution in [0, 0.1) is 0 Å². The number of hydrogen-bond donors (Lipinski definition) is 1. The van der Waals surface area contributed by atoms with Crippen molar-refractivity contribution >= 4 is 17.4 Å². The fourth-order valence-electron chi connectivity index (χ4n) is 3.13. The lowest BCUT2D eigenvalue weighted by atomic mass is 10.1. The Kier molecular flexibility index (Phi) is 4.35. The average Bonchev–Trinajstić information content (AvgIpc) is 3.10. The van der Waals surface area contributed by atoms with Crippen molar-refractivity contribution in [2.75, 3.05) is 11.9 Å². The van der Waals surface area contributed by atoms with Crippen LogP contribution in [0.3, 0.4) is 0 Å². The van der Waals surface area contributed by atoms with Gasteiger partial charge in [-0.25, -0.2) is 4.98 Å². The predicted molar refractivity (Wildman–Crippen MR) is 96.1 cm³/mol. The van der Waals surface area contributed by atoms with Crippen LogP contribution < -0.4 is 5.32 Å². The molecule has 3 aromatic rings. The number of rotatable bonds is 4. The van der Waals surface area contributed by atoms with Gasteiger partial charge in [0.2, 0.25) is 0 Å². The summed E-state index contributed by atoms with van der Waals surface area (Å²) < 4.78 is 5.49. The number of para-hydroxylation sites is 1. The van der Waals surface area contributed by atoms with Gasteiger partial charge in [-0.15, -0.1) is 0 Å². The highest BCUT2D eigenvalue weighted by atomic mass is 16.5. The van der Waals surface area contributed by atoms with Gasteiger partial charge in [0, 0.05) is 31.0 Å². The van der Waals surface area contributed by atoms with Crippen LogP contribution in [-0.4, -0.2) is 32.5 Å². The van der Waals surface area contributed by atoms with Crippen molar-refractivity contribution in [3.63, 3.8) is 0 Å². The molecule has 1 amide bonds. The first-order chi connectivity index (χ1) is 12.8. The summed E-state index contributed by atoms with van der Waals surface area (Å²) in [5.41, 5.74) is 3.47. The molecular formula is C19H19N5O2. The van der Waals surface area contributed by atoms with Gasteiger partial charge in [-0.05, 0) is 18.1 Å². The maximum absolute atomic E-state index is 12.7. The van der Waals surface area contributed by atoms with Crippen molar-refractivity contribution in [1.29, 1.82) is 0 Å². The number of benzene rings is 1. The van der Waals surface area contributed by atoms with E-state index in [2.05, 4.69) is 33.4 Å². The van der Waals surface area contributed by atoms with Crippen LogP contribution in [0.4, 0.5) is 11.5 Å². The Balaban J connectivity index is 1.58. The minimum atomic E-state index is -0.134. The summed E-state index contributed by atoms with van der Waals surface area (Å²) in [4.78, 5) is 22.5. The largest absolute Gasteiger partial charge is 0.359 e. The highest BCUT2D eigenvalue weighted by Gasteiger charge is 2.28. The van der Waals surface area contributed by atoms with E-state index in [-0.39, 0.29) is 5.91 Å². The van der Waals surface area contributed by atoms with Crippen molar-refractivity contribution in [3.05, 3.63) is 65.4 Å². The van der Waals surface area contributed by atoms with Crippen molar-refractivity contribution in [2.45, 2.75) is 26.3 Å². The van der Waals surface area contributed by atoms with Gasteiger partial charge in [0.25, 0.3) is 5.91 Å². The molecule has 2 aromatic heterocycles. The lowest BCUT2D eigenvalue weighted by Gasteiger charge is -2.25. The van der Waals surface area contributed by atoms with Crippen molar-refractivity contribution in [3.8, 4) is 0 Å². The van der Waals surface area contributed by atoms with Crippen LogP contribution in [0.2, 0.25) is 0 Å². The Morgan fingerprint density at radius 3 is 3.00 bits per heavy atom. The zero-order chi connectivity index (χ0) is 17.9. The minimum absolute atomic E-state index is 0.134. The van der Waals surface area contributed by atoms with Crippen molar-refractivity contribution in [2.24, 2.45) is 0 Å². The summed E-state index contributed by atoms with van der Waals surface area (Å²) in [6.45, 7) is 3.12. The molecule has 7 heteroatoms. The number of carbonyl (C=O) groups excluding carboxylic acids is 1. The van der Waals surface area contributed by atoms with Crippen LogP contribution in [0.5, 0.6) is 0 Å². The minimum Gasteiger partial charge on any atom is -0.359 e. The quantitative estimate of drug-likeness (QED) is 0.779. The molecule has 0 radical (unpaired) electrons. The maximum atomic E-state index is 12.7. The summed E-state index contributed by atoms with van der Waals surface area (Å²) in [5, 5.41) is 7.54. The molecule has 26 heavy (non-hydrogen) atoms. The monoisotopic (exact) mass is 349 g/mol. The summed E-state index contributed by atoms with van der Waals surface area (Å²) in [5.74, 6) is 1.35. The standard InChI is InChI=1S/C19H19N5O2/c1-2-13-5-3-4-6-15(13)22-18-14-12-24(10-7-17(14)26-23-18)19(25)16-11-20-8-9-21-16/h3-6,8-9,11H,2,7,10,12H2,1H3,(H,22,23). The summed E-state index contributed by atoms with van der Waals surface area (Å²) in [6.07, 6.45) is 6.11. The molecule has 7 nitrogen and oxygen atoms in total. The zero-order valence-electron chi connectivity index (χ0n) is 14.5. The molecular weight excluding hydrogens is 330 g/mol. The van der Waals surface area contributed by atoms with E-state index < -0.39 is 0 Å². The Morgan fingerprint density at radius 2 is 2.19 bits per heavy atom. The van der Waals surface area contributed by atoms with Gasteiger partial charge in [-0.1, -0.05) is 30.3 Å². The van der Waals surface area contributed by atoms with E-state index >= 15 is 0 Å². The molecule has 0 saturated heterocycles. The third kappa shape index (κ3) is 3.03. The third-order valence-electron chi connectivity index (χ3n) is 4.55. The molecule has 1 aliphatic rings. The second kappa shape index (κ2) is 6.95. The lowest BCUT2D eigenvalue weighted by Crippen LogP contribution is -2.36. The van der Waals surface area contributed by atoms with Gasteiger partial charge >= 0.3 is 0 Å². The number of aryl methyl sites for hydroxylation is 1. The number of amides is 1. The second-order valence-corrected chi connectivity index (χ2v) is 6.14. The Labute approximate surface area is 151 Å². The van der Waals surface area contributed by atoms with Crippen LogP contribution in [-0.2, 0) is 19.4 Å². The predicted octanol–water partition coefficient (Wildman–Crippen LogP) is 2.97. The molecule has 0 fully saturated rings. The van der Waals surface area contributed by atoms with Gasteiger partial charge in [-0.2, -0.15) is 0 Å². The van der Waals surface area contributed by atoms with Crippen LogP contribution >= 0.6 is 0 Å². The molecule has 0 bridgehead atoms. The van der Waals surface area contributed by atoms with Gasteiger partial charge < -0.3 is 14.7 Å². The fraction of sp³-hybridized carbons (Fsp3) is 0.263. The maximum Gasteiger partial charge on any atom is 0.274 e. The number of nitrogens with one attached hydrogen (secondary N) is 1. The molecule has 1 aromatic carbocycles. The van der Waals surface area contributed by atoms with Crippen molar-refractivity contribution < 1.29 is 9.32 Å². The van der Waals surface area contributed by atoms with Gasteiger partial charge in [0.05, 0.1) is 18.3 Å². The molecule has 1 aliphatic heterocycles. The Hall–Kier alpha value is -3.22. The zero-order valence-corrected chi connectivity index (χ0v) is 14.5. The SMILES string of the molecule is CCc1ccccc1Nc1noc2c1CN(C(=O)c1cnccn1)CC2. The van der Waals surface area contributed by atoms with E-state index in [4.69, 9.17) is 4.52 Å². The van der Waals surface area contributed by atoms with Crippen LogP contribution in [0.15, 0.2) is 47.4 Å². The first-order valence-corrected chi connectivity index (χ1v) is 8.64. The number of carbonyl (C=O) groups is 1.